The van der Waals surface area contributed by atoms with Gasteiger partial charge in [-0.05, 0) is 42.5 Å². The van der Waals surface area contributed by atoms with Crippen molar-refractivity contribution in [1.82, 2.24) is 25.0 Å². The molecule has 3 rings (SSSR count). The van der Waals surface area contributed by atoms with Gasteiger partial charge in [-0.25, -0.2) is 4.99 Å². The number of nitrogens with zero attached hydrogens (tertiary/aromatic N) is 6. The molecule has 0 aliphatic rings. The van der Waals surface area contributed by atoms with Crippen LogP contribution in [0, 0.1) is 6.92 Å². The van der Waals surface area contributed by atoms with Gasteiger partial charge in [0, 0.05) is 51.8 Å². The maximum absolute atomic E-state index is 4.84. The molecule has 1 N–H and O–H groups in total. The third-order valence-corrected chi connectivity index (χ3v) is 5.93. The second-order valence-electron chi connectivity index (χ2n) is 7.54. The fourth-order valence-electron chi connectivity index (χ4n) is 3.08. The minimum atomic E-state index is 0.487. The molecular formula is C22H31N7S. The first kappa shape index (κ1) is 21.8. The lowest BCUT2D eigenvalue weighted by atomic mass is 10.2. The van der Waals surface area contributed by atoms with E-state index in [9.17, 15) is 0 Å². The number of nitrogens with one attached hydrogen (secondary N) is 1. The molecule has 0 unspecified atom stereocenters. The summed E-state index contributed by atoms with van der Waals surface area (Å²) in [4.78, 5) is 10.5. The number of hydrogen-bond donors (Lipinski definition) is 1. The van der Waals surface area contributed by atoms with Crippen molar-refractivity contribution >= 4 is 23.0 Å². The molecule has 7 nitrogen and oxygen atoms in total. The van der Waals surface area contributed by atoms with Crippen LogP contribution in [0.15, 0.2) is 46.8 Å². The van der Waals surface area contributed by atoms with Crippen LogP contribution >= 0.6 is 11.3 Å². The van der Waals surface area contributed by atoms with Gasteiger partial charge >= 0.3 is 0 Å². The Hall–Kier alpha value is -2.87. The van der Waals surface area contributed by atoms with E-state index < -0.39 is 0 Å². The van der Waals surface area contributed by atoms with Crippen LogP contribution in [0.25, 0.3) is 0 Å². The molecule has 2 aromatic heterocycles. The molecule has 0 aliphatic carbocycles. The van der Waals surface area contributed by atoms with E-state index >= 15 is 0 Å². The summed E-state index contributed by atoms with van der Waals surface area (Å²) in [6.07, 6.45) is 0.976. The number of guanidine groups is 1. The van der Waals surface area contributed by atoms with Crippen molar-refractivity contribution in [3.63, 3.8) is 0 Å². The summed E-state index contributed by atoms with van der Waals surface area (Å²) < 4.78 is 1.98. The fourth-order valence-corrected chi connectivity index (χ4v) is 3.79. The Morgan fingerprint density at radius 2 is 2.00 bits per heavy atom. The fraction of sp³-hybridized carbons (Fsp3) is 0.409. The maximum Gasteiger partial charge on any atom is 0.194 e. The summed E-state index contributed by atoms with van der Waals surface area (Å²) >= 11 is 1.79. The number of benzene rings is 1. The Morgan fingerprint density at radius 1 is 1.17 bits per heavy atom. The van der Waals surface area contributed by atoms with Crippen molar-refractivity contribution in [2.24, 2.45) is 12.0 Å². The third-order valence-electron chi connectivity index (χ3n) is 5.00. The minimum Gasteiger partial charge on any atom is -0.378 e. The summed E-state index contributed by atoms with van der Waals surface area (Å²) in [5.74, 6) is 2.61. The van der Waals surface area contributed by atoms with Crippen LogP contribution in [-0.2, 0) is 26.6 Å². The number of thiophene rings is 1. The first-order chi connectivity index (χ1) is 14.4. The van der Waals surface area contributed by atoms with Gasteiger partial charge in [0.1, 0.15) is 12.4 Å². The zero-order valence-corrected chi connectivity index (χ0v) is 19.3. The highest BCUT2D eigenvalue weighted by Crippen LogP contribution is 2.15. The van der Waals surface area contributed by atoms with Gasteiger partial charge in [0.15, 0.2) is 11.8 Å². The first-order valence-electron chi connectivity index (χ1n) is 10.1. The van der Waals surface area contributed by atoms with Gasteiger partial charge in [-0.1, -0.05) is 18.2 Å². The van der Waals surface area contributed by atoms with Crippen molar-refractivity contribution in [2.45, 2.75) is 26.4 Å². The molecule has 2 heterocycles. The summed E-state index contributed by atoms with van der Waals surface area (Å²) in [6, 6.07) is 12.8. The predicted molar refractivity (Wildman–Crippen MR) is 125 cm³/mol. The number of anilines is 1. The molecule has 1 aromatic carbocycles. The van der Waals surface area contributed by atoms with Gasteiger partial charge < -0.3 is 19.7 Å². The van der Waals surface area contributed by atoms with Gasteiger partial charge in [0.25, 0.3) is 0 Å². The molecule has 0 saturated heterocycles. The van der Waals surface area contributed by atoms with Gasteiger partial charge in [-0.3, -0.25) is 0 Å². The molecule has 0 radical (unpaired) electrons. The highest BCUT2D eigenvalue weighted by atomic mass is 32.1. The second kappa shape index (κ2) is 10.2. The quantitative estimate of drug-likeness (QED) is 0.444. The molecular weight excluding hydrogens is 394 g/mol. The highest BCUT2D eigenvalue weighted by Gasteiger charge is 2.10. The van der Waals surface area contributed by atoms with Crippen LogP contribution in [0.3, 0.4) is 0 Å². The molecule has 0 atom stereocenters. The van der Waals surface area contributed by atoms with E-state index in [1.807, 2.05) is 18.5 Å². The molecule has 3 aromatic rings. The number of aromatic nitrogens is 3. The smallest absolute Gasteiger partial charge is 0.194 e. The van der Waals surface area contributed by atoms with E-state index in [1.54, 1.807) is 11.3 Å². The molecule has 8 heteroatoms. The largest absolute Gasteiger partial charge is 0.378 e. The van der Waals surface area contributed by atoms with Crippen LogP contribution in [0.1, 0.15) is 22.1 Å². The standard InChI is InChI=1S/C22H31N7S/c1-17-25-26-21(29(17)5)15-24-22(23-12-11-20-10-7-13-30-20)28(4)16-18-8-6-9-19(14-18)27(2)3/h6-10,13-14H,11-12,15-16H2,1-5H3,(H,23,24). The molecule has 0 bridgehead atoms. The minimum absolute atomic E-state index is 0.487. The molecule has 0 fully saturated rings. The summed E-state index contributed by atoms with van der Waals surface area (Å²) in [6.45, 7) is 4.04. The van der Waals surface area contributed by atoms with Crippen molar-refractivity contribution in [3.05, 3.63) is 63.9 Å². The van der Waals surface area contributed by atoms with Gasteiger partial charge in [-0.2, -0.15) is 0 Å². The molecule has 160 valence electrons. The Labute approximate surface area is 183 Å². The first-order valence-corrected chi connectivity index (χ1v) is 10.9. The van der Waals surface area contributed by atoms with E-state index in [4.69, 9.17) is 4.99 Å². The monoisotopic (exact) mass is 425 g/mol. The number of rotatable bonds is 8. The SMILES string of the molecule is Cc1nnc(CN=C(NCCc2cccs2)N(C)Cc2cccc(N(C)C)c2)n1C. The van der Waals surface area contributed by atoms with Crippen LogP contribution in [0.5, 0.6) is 0 Å². The van der Waals surface area contributed by atoms with Crippen LogP contribution in [0.4, 0.5) is 5.69 Å². The van der Waals surface area contributed by atoms with Crippen LogP contribution in [0.2, 0.25) is 0 Å². The Bertz CT molecular complexity index is 960. The maximum atomic E-state index is 4.84. The van der Waals surface area contributed by atoms with Gasteiger partial charge in [0.05, 0.1) is 0 Å². The summed E-state index contributed by atoms with van der Waals surface area (Å²) in [5, 5.41) is 14.0. The van der Waals surface area contributed by atoms with E-state index in [0.29, 0.717) is 6.54 Å². The lowest BCUT2D eigenvalue weighted by Crippen LogP contribution is -2.39. The Morgan fingerprint density at radius 3 is 2.67 bits per heavy atom. The zero-order valence-electron chi connectivity index (χ0n) is 18.5. The number of aliphatic imine (C=N–C) groups is 1. The number of aryl methyl sites for hydroxylation is 1. The lowest BCUT2D eigenvalue weighted by Gasteiger charge is -2.23. The molecule has 0 saturated carbocycles. The van der Waals surface area contributed by atoms with E-state index in [1.165, 1.54) is 16.1 Å². The Balaban J connectivity index is 1.72. The molecule has 0 amide bonds. The van der Waals surface area contributed by atoms with Crippen molar-refractivity contribution < 1.29 is 0 Å². The summed E-state index contributed by atoms with van der Waals surface area (Å²) in [7, 11) is 8.16. The second-order valence-corrected chi connectivity index (χ2v) is 8.57. The Kier molecular flexibility index (Phi) is 7.46. The normalized spacial score (nSPS) is 11.6. The van der Waals surface area contributed by atoms with Gasteiger partial charge in [-0.15, -0.1) is 21.5 Å². The van der Waals surface area contributed by atoms with Crippen LogP contribution < -0.4 is 10.2 Å². The van der Waals surface area contributed by atoms with E-state index in [2.05, 4.69) is 88.2 Å². The van der Waals surface area contributed by atoms with E-state index in [-0.39, 0.29) is 0 Å². The van der Waals surface area contributed by atoms with Crippen LogP contribution in [-0.4, -0.2) is 53.3 Å². The van der Waals surface area contributed by atoms with Crippen molar-refractivity contribution in [2.75, 3.05) is 32.6 Å². The lowest BCUT2D eigenvalue weighted by molar-refractivity contribution is 0.474. The average Bonchev–Trinajstić information content (AvgIpc) is 3.35. The highest BCUT2D eigenvalue weighted by molar-refractivity contribution is 7.09. The molecule has 0 spiro atoms. The number of hydrogen-bond acceptors (Lipinski definition) is 5. The zero-order chi connectivity index (χ0) is 21.5. The third kappa shape index (κ3) is 5.82. The predicted octanol–water partition coefficient (Wildman–Crippen LogP) is 3.07. The molecule has 0 aliphatic heterocycles. The summed E-state index contributed by atoms with van der Waals surface area (Å²) in [5.41, 5.74) is 2.44. The topological polar surface area (TPSA) is 61.6 Å². The van der Waals surface area contributed by atoms with Gasteiger partial charge in [0.2, 0.25) is 0 Å². The van der Waals surface area contributed by atoms with Crippen molar-refractivity contribution in [1.29, 1.82) is 0 Å². The average molecular weight is 426 g/mol. The van der Waals surface area contributed by atoms with E-state index in [0.717, 1.165) is 37.1 Å². The van der Waals surface area contributed by atoms with Crippen molar-refractivity contribution in [3.8, 4) is 0 Å². The molecule has 30 heavy (non-hydrogen) atoms.